The molecule has 0 heterocycles. The summed E-state index contributed by atoms with van der Waals surface area (Å²) in [6.07, 6.45) is 2.02. The van der Waals surface area contributed by atoms with Gasteiger partial charge in [-0.1, -0.05) is 31.5 Å². The predicted molar refractivity (Wildman–Crippen MR) is 94.5 cm³/mol. The van der Waals surface area contributed by atoms with Gasteiger partial charge in [-0.25, -0.2) is 0 Å². The molecule has 0 fully saturated rings. The summed E-state index contributed by atoms with van der Waals surface area (Å²) in [7, 11) is 0. The number of hydrogen-bond acceptors (Lipinski definition) is 3. The van der Waals surface area contributed by atoms with Crippen LogP contribution in [0, 0.1) is 0 Å². The van der Waals surface area contributed by atoms with Crippen LogP contribution in [-0.4, -0.2) is 44.2 Å². The number of nitrogens with two attached hydrogens (primary N) is 1. The molecule has 0 radical (unpaired) electrons. The van der Waals surface area contributed by atoms with Crippen molar-refractivity contribution in [1.82, 2.24) is 4.90 Å². The minimum atomic E-state index is 0.639. The minimum absolute atomic E-state index is 0.639. The molecular formula is C17H30ClN3. The second-order valence-corrected chi connectivity index (χ2v) is 5.68. The molecule has 1 aromatic carbocycles. The Labute approximate surface area is 135 Å². The number of rotatable bonds is 10. The Morgan fingerprint density at radius 1 is 1.05 bits per heavy atom. The Bertz CT molecular complexity index is 405. The molecule has 1 aromatic rings. The number of benzene rings is 1. The van der Waals surface area contributed by atoms with Gasteiger partial charge in [-0.3, -0.25) is 0 Å². The first-order valence-corrected chi connectivity index (χ1v) is 8.49. The van der Waals surface area contributed by atoms with Gasteiger partial charge in [0.25, 0.3) is 0 Å². The predicted octanol–water partition coefficient (Wildman–Crippen LogP) is 3.40. The first-order chi connectivity index (χ1) is 10.2. The molecule has 4 heteroatoms. The number of halogens is 1. The molecule has 0 aliphatic rings. The van der Waals surface area contributed by atoms with E-state index >= 15 is 0 Å². The Balaban J connectivity index is 2.61. The maximum atomic E-state index is 6.35. The van der Waals surface area contributed by atoms with Gasteiger partial charge in [0.15, 0.2) is 0 Å². The van der Waals surface area contributed by atoms with E-state index in [1.54, 1.807) is 0 Å². The Morgan fingerprint density at radius 3 is 2.29 bits per heavy atom. The highest BCUT2D eigenvalue weighted by molar-refractivity contribution is 6.31. The summed E-state index contributed by atoms with van der Waals surface area (Å²) < 4.78 is 0. The van der Waals surface area contributed by atoms with Gasteiger partial charge in [0, 0.05) is 23.8 Å². The lowest BCUT2D eigenvalue weighted by Crippen LogP contribution is -2.30. The van der Waals surface area contributed by atoms with Crippen LogP contribution < -0.4 is 10.6 Å². The van der Waals surface area contributed by atoms with Crippen molar-refractivity contribution in [2.75, 3.05) is 44.2 Å². The van der Waals surface area contributed by atoms with Crippen LogP contribution in [0.3, 0.4) is 0 Å². The summed E-state index contributed by atoms with van der Waals surface area (Å²) in [6, 6.07) is 6.35. The number of hydrogen-bond donors (Lipinski definition) is 1. The first kappa shape index (κ1) is 18.3. The average Bonchev–Trinajstić information content (AvgIpc) is 2.50. The first-order valence-electron chi connectivity index (χ1n) is 8.11. The van der Waals surface area contributed by atoms with Gasteiger partial charge in [0.05, 0.1) is 0 Å². The fourth-order valence-corrected chi connectivity index (χ4v) is 2.86. The van der Waals surface area contributed by atoms with Gasteiger partial charge in [-0.2, -0.15) is 0 Å². The molecule has 120 valence electrons. The van der Waals surface area contributed by atoms with Crippen molar-refractivity contribution in [3.05, 3.63) is 28.8 Å². The molecule has 0 spiro atoms. The maximum Gasteiger partial charge on any atom is 0.0459 e. The van der Waals surface area contributed by atoms with Crippen LogP contribution in [0.2, 0.25) is 5.02 Å². The lowest BCUT2D eigenvalue weighted by molar-refractivity contribution is 0.301. The average molecular weight is 312 g/mol. The van der Waals surface area contributed by atoms with Gasteiger partial charge < -0.3 is 15.5 Å². The topological polar surface area (TPSA) is 32.5 Å². The van der Waals surface area contributed by atoms with Crippen molar-refractivity contribution in [1.29, 1.82) is 0 Å². The third-order valence-electron chi connectivity index (χ3n) is 3.99. The zero-order chi connectivity index (χ0) is 15.7. The zero-order valence-electron chi connectivity index (χ0n) is 13.7. The van der Waals surface area contributed by atoms with E-state index < -0.39 is 0 Å². The highest BCUT2D eigenvalue weighted by atomic mass is 35.5. The Morgan fingerprint density at radius 2 is 1.76 bits per heavy atom. The number of anilines is 1. The fourth-order valence-electron chi connectivity index (χ4n) is 2.59. The van der Waals surface area contributed by atoms with Gasteiger partial charge in [0.1, 0.15) is 0 Å². The highest BCUT2D eigenvalue weighted by Crippen LogP contribution is 2.24. The normalized spacial score (nSPS) is 11.1. The second-order valence-electron chi connectivity index (χ2n) is 5.27. The molecule has 21 heavy (non-hydrogen) atoms. The fraction of sp³-hybridized carbons (Fsp3) is 0.647. The van der Waals surface area contributed by atoms with Crippen LogP contribution in [0.15, 0.2) is 18.2 Å². The summed E-state index contributed by atoms with van der Waals surface area (Å²) in [5, 5.41) is 0.833. The molecule has 0 aromatic heterocycles. The van der Waals surface area contributed by atoms with Crippen molar-refractivity contribution in [3.63, 3.8) is 0 Å². The van der Waals surface area contributed by atoms with Crippen molar-refractivity contribution >= 4 is 17.3 Å². The monoisotopic (exact) mass is 311 g/mol. The molecule has 3 nitrogen and oxygen atoms in total. The van der Waals surface area contributed by atoms with E-state index in [4.69, 9.17) is 17.3 Å². The van der Waals surface area contributed by atoms with E-state index in [1.807, 2.05) is 0 Å². The molecule has 0 amide bonds. The van der Waals surface area contributed by atoms with Crippen LogP contribution in [0.25, 0.3) is 0 Å². The summed E-state index contributed by atoms with van der Waals surface area (Å²) in [5.41, 5.74) is 7.95. The van der Waals surface area contributed by atoms with Crippen LogP contribution >= 0.6 is 11.6 Å². The van der Waals surface area contributed by atoms with Crippen molar-refractivity contribution in [2.45, 2.75) is 33.6 Å². The summed E-state index contributed by atoms with van der Waals surface area (Å²) in [6.45, 7) is 12.8. The van der Waals surface area contributed by atoms with E-state index in [9.17, 15) is 0 Å². The van der Waals surface area contributed by atoms with Crippen molar-refractivity contribution < 1.29 is 0 Å². The summed E-state index contributed by atoms with van der Waals surface area (Å²) in [5.74, 6) is 0. The molecule has 0 saturated heterocycles. The second kappa shape index (κ2) is 10.0. The Hall–Kier alpha value is -0.770. The van der Waals surface area contributed by atoms with Crippen LogP contribution in [-0.2, 0) is 6.42 Å². The molecule has 1 rings (SSSR count). The van der Waals surface area contributed by atoms with Crippen LogP contribution in [0.4, 0.5) is 5.69 Å². The summed E-state index contributed by atoms with van der Waals surface area (Å²) in [4.78, 5) is 4.85. The summed E-state index contributed by atoms with van der Waals surface area (Å²) >= 11 is 6.35. The lowest BCUT2D eigenvalue weighted by atomic mass is 10.1. The largest absolute Gasteiger partial charge is 0.372 e. The van der Waals surface area contributed by atoms with Gasteiger partial charge in [-0.05, 0) is 63.6 Å². The molecule has 0 saturated carbocycles. The van der Waals surface area contributed by atoms with E-state index in [0.29, 0.717) is 6.54 Å². The van der Waals surface area contributed by atoms with Crippen molar-refractivity contribution in [3.8, 4) is 0 Å². The zero-order valence-corrected chi connectivity index (χ0v) is 14.5. The minimum Gasteiger partial charge on any atom is -0.372 e. The lowest BCUT2D eigenvalue weighted by Gasteiger charge is -2.26. The van der Waals surface area contributed by atoms with Gasteiger partial charge in [0.2, 0.25) is 0 Å². The van der Waals surface area contributed by atoms with E-state index in [0.717, 1.165) is 49.7 Å². The maximum absolute atomic E-state index is 6.35. The Kier molecular flexibility index (Phi) is 8.74. The molecule has 0 aliphatic heterocycles. The van der Waals surface area contributed by atoms with E-state index in [1.165, 1.54) is 12.1 Å². The van der Waals surface area contributed by atoms with Crippen LogP contribution in [0.1, 0.15) is 32.8 Å². The van der Waals surface area contributed by atoms with Gasteiger partial charge in [-0.15, -0.1) is 0 Å². The molecule has 0 aliphatic carbocycles. The highest BCUT2D eigenvalue weighted by Gasteiger charge is 2.08. The SMILES string of the molecule is CCN(CC)CCCN(CC)c1ccc(CCN)c(Cl)c1. The van der Waals surface area contributed by atoms with E-state index in [-0.39, 0.29) is 0 Å². The third kappa shape index (κ3) is 5.85. The smallest absolute Gasteiger partial charge is 0.0459 e. The molecule has 0 unspecified atom stereocenters. The molecule has 2 N–H and O–H groups in total. The van der Waals surface area contributed by atoms with Crippen LogP contribution in [0.5, 0.6) is 0 Å². The third-order valence-corrected chi connectivity index (χ3v) is 4.35. The van der Waals surface area contributed by atoms with Gasteiger partial charge >= 0.3 is 0 Å². The number of nitrogens with zero attached hydrogens (tertiary/aromatic N) is 2. The quantitative estimate of drug-likeness (QED) is 0.719. The van der Waals surface area contributed by atoms with E-state index in [2.05, 4.69) is 48.8 Å². The van der Waals surface area contributed by atoms with Crippen molar-refractivity contribution in [2.24, 2.45) is 5.73 Å². The molecule has 0 atom stereocenters. The standard InChI is InChI=1S/C17H30ClN3/c1-4-20(5-2)12-7-13-21(6-3)16-9-8-15(10-11-19)17(18)14-16/h8-9,14H,4-7,10-13,19H2,1-3H3. The molecular weight excluding hydrogens is 282 g/mol. The molecule has 0 bridgehead atoms.